The second-order valence-corrected chi connectivity index (χ2v) is 2.36. The molecule has 0 atom stereocenters. The molecule has 1 aromatic heterocycles. The van der Waals surface area contributed by atoms with Crippen LogP contribution in [0.15, 0.2) is 21.3 Å². The van der Waals surface area contributed by atoms with Crippen molar-refractivity contribution in [3.63, 3.8) is 0 Å². The smallest absolute Gasteiger partial charge is 0.339 e. The van der Waals surface area contributed by atoms with Crippen molar-refractivity contribution in [3.05, 3.63) is 28.3 Å². The summed E-state index contributed by atoms with van der Waals surface area (Å²) in [4.78, 5) is 10.8. The van der Waals surface area contributed by atoms with Gasteiger partial charge in [-0.3, -0.25) is 0 Å². The van der Waals surface area contributed by atoms with Crippen molar-refractivity contribution >= 4 is 0 Å². The van der Waals surface area contributed by atoms with Crippen LogP contribution >= 0.6 is 0 Å². The van der Waals surface area contributed by atoms with Crippen LogP contribution in [-0.2, 0) is 0 Å². The zero-order valence-corrected chi connectivity index (χ0v) is 6.87. The van der Waals surface area contributed by atoms with E-state index in [1.165, 1.54) is 6.07 Å². The van der Waals surface area contributed by atoms with Crippen molar-refractivity contribution in [2.24, 2.45) is 5.73 Å². The van der Waals surface area contributed by atoms with Gasteiger partial charge < -0.3 is 14.9 Å². The molecule has 0 aliphatic carbocycles. The number of aryl methyl sites for hydroxylation is 1. The first kappa shape index (κ1) is 8.80. The Bertz CT molecular complexity index is 305. The molecule has 0 amide bonds. The highest BCUT2D eigenvalue weighted by molar-refractivity contribution is 5.19. The lowest BCUT2D eigenvalue weighted by atomic mass is 10.4. The third kappa shape index (κ3) is 2.39. The van der Waals surface area contributed by atoms with Gasteiger partial charge in [-0.15, -0.1) is 0 Å². The van der Waals surface area contributed by atoms with Crippen molar-refractivity contribution < 1.29 is 9.15 Å². The summed E-state index contributed by atoms with van der Waals surface area (Å²) < 4.78 is 9.86. The highest BCUT2D eigenvalue weighted by Gasteiger charge is 1.97. The second-order valence-electron chi connectivity index (χ2n) is 2.36. The van der Waals surface area contributed by atoms with Crippen LogP contribution in [0.3, 0.4) is 0 Å². The molecule has 2 N–H and O–H groups in total. The molecule has 0 spiro atoms. The van der Waals surface area contributed by atoms with Crippen LogP contribution in [0.5, 0.6) is 5.75 Å². The number of hydrogen-bond acceptors (Lipinski definition) is 4. The summed E-state index contributed by atoms with van der Waals surface area (Å²) in [5.74, 6) is 1.05. The van der Waals surface area contributed by atoms with Gasteiger partial charge in [0.1, 0.15) is 18.1 Å². The fourth-order valence-corrected chi connectivity index (χ4v) is 0.836. The Morgan fingerprint density at radius 1 is 1.58 bits per heavy atom. The standard InChI is InChI=1S/C8H11NO3/c1-6-4-7(11-3-2-9)5-8(10)12-6/h4-5H,2-3,9H2,1H3. The molecule has 66 valence electrons. The van der Waals surface area contributed by atoms with Crippen LogP contribution < -0.4 is 16.1 Å². The maximum atomic E-state index is 10.8. The summed E-state index contributed by atoms with van der Waals surface area (Å²) in [6.07, 6.45) is 0. The molecule has 1 heterocycles. The first-order valence-electron chi connectivity index (χ1n) is 3.67. The molecule has 1 rings (SSSR count). The average molecular weight is 169 g/mol. The lowest BCUT2D eigenvalue weighted by Crippen LogP contribution is -2.11. The number of nitrogens with two attached hydrogens (primary N) is 1. The molecular formula is C8H11NO3. The molecule has 12 heavy (non-hydrogen) atoms. The molecule has 4 heteroatoms. The third-order valence-corrected chi connectivity index (χ3v) is 1.25. The van der Waals surface area contributed by atoms with Gasteiger partial charge in [0.25, 0.3) is 0 Å². The van der Waals surface area contributed by atoms with Gasteiger partial charge in [0.2, 0.25) is 0 Å². The van der Waals surface area contributed by atoms with Gasteiger partial charge in [-0.25, -0.2) is 4.79 Å². The fraction of sp³-hybridized carbons (Fsp3) is 0.375. The topological polar surface area (TPSA) is 65.5 Å². The Morgan fingerprint density at radius 2 is 2.33 bits per heavy atom. The Morgan fingerprint density at radius 3 is 2.92 bits per heavy atom. The zero-order chi connectivity index (χ0) is 8.97. The highest BCUT2D eigenvalue weighted by Crippen LogP contribution is 2.08. The molecule has 0 aliphatic rings. The van der Waals surface area contributed by atoms with E-state index in [-0.39, 0.29) is 0 Å². The molecule has 0 bridgehead atoms. The number of rotatable bonds is 3. The van der Waals surface area contributed by atoms with Gasteiger partial charge in [-0.2, -0.15) is 0 Å². The largest absolute Gasteiger partial charge is 0.492 e. The second kappa shape index (κ2) is 3.92. The van der Waals surface area contributed by atoms with Gasteiger partial charge >= 0.3 is 5.63 Å². The van der Waals surface area contributed by atoms with Crippen LogP contribution in [0.2, 0.25) is 0 Å². The van der Waals surface area contributed by atoms with Crippen molar-refractivity contribution in [2.75, 3.05) is 13.2 Å². The Kier molecular flexibility index (Phi) is 2.88. The first-order chi connectivity index (χ1) is 5.72. The summed E-state index contributed by atoms with van der Waals surface area (Å²) in [5.41, 5.74) is 4.82. The fourth-order valence-electron chi connectivity index (χ4n) is 0.836. The molecule has 0 aliphatic heterocycles. The molecule has 0 fully saturated rings. The summed E-state index contributed by atoms with van der Waals surface area (Å²) >= 11 is 0. The van der Waals surface area contributed by atoms with Crippen LogP contribution in [0.4, 0.5) is 0 Å². The zero-order valence-electron chi connectivity index (χ0n) is 6.87. The quantitative estimate of drug-likeness (QED) is 0.706. The molecule has 0 saturated heterocycles. The van der Waals surface area contributed by atoms with Crippen LogP contribution in [-0.4, -0.2) is 13.2 Å². The molecule has 1 aromatic rings. The first-order valence-corrected chi connectivity index (χ1v) is 3.67. The van der Waals surface area contributed by atoms with E-state index < -0.39 is 5.63 Å². The van der Waals surface area contributed by atoms with E-state index in [0.717, 1.165) is 0 Å². The summed E-state index contributed by atoms with van der Waals surface area (Å²) in [7, 11) is 0. The molecular weight excluding hydrogens is 158 g/mol. The number of ether oxygens (including phenoxy) is 1. The summed E-state index contributed by atoms with van der Waals surface area (Å²) in [5, 5.41) is 0. The maximum absolute atomic E-state index is 10.8. The van der Waals surface area contributed by atoms with Gasteiger partial charge in [0, 0.05) is 12.6 Å². The van der Waals surface area contributed by atoms with Crippen LogP contribution in [0, 0.1) is 6.92 Å². The van der Waals surface area contributed by atoms with E-state index in [2.05, 4.69) is 0 Å². The minimum absolute atomic E-state index is 0.401. The van der Waals surface area contributed by atoms with E-state index in [1.54, 1.807) is 13.0 Å². The lowest BCUT2D eigenvalue weighted by molar-refractivity contribution is 0.321. The molecule has 0 saturated carbocycles. The predicted molar refractivity (Wildman–Crippen MR) is 44.3 cm³/mol. The van der Waals surface area contributed by atoms with E-state index in [0.29, 0.717) is 24.7 Å². The Labute approximate surface area is 69.9 Å². The summed E-state index contributed by atoms with van der Waals surface area (Å²) in [6.45, 7) is 2.53. The summed E-state index contributed by atoms with van der Waals surface area (Å²) in [6, 6.07) is 2.94. The average Bonchev–Trinajstić information content (AvgIpc) is 1.99. The van der Waals surface area contributed by atoms with Crippen molar-refractivity contribution in [3.8, 4) is 5.75 Å². The monoisotopic (exact) mass is 169 g/mol. The highest BCUT2D eigenvalue weighted by atomic mass is 16.5. The van der Waals surface area contributed by atoms with Crippen molar-refractivity contribution in [1.82, 2.24) is 0 Å². The minimum Gasteiger partial charge on any atom is -0.492 e. The SMILES string of the molecule is Cc1cc(OCCN)cc(=O)o1. The van der Waals surface area contributed by atoms with Gasteiger partial charge in [0.05, 0.1) is 6.07 Å². The van der Waals surface area contributed by atoms with Gasteiger partial charge in [0.15, 0.2) is 0 Å². The molecule has 4 nitrogen and oxygen atoms in total. The van der Waals surface area contributed by atoms with E-state index in [1.807, 2.05) is 0 Å². The normalized spacial score (nSPS) is 9.83. The number of hydrogen-bond donors (Lipinski definition) is 1. The Balaban J connectivity index is 2.79. The molecule has 0 unspecified atom stereocenters. The van der Waals surface area contributed by atoms with E-state index >= 15 is 0 Å². The van der Waals surface area contributed by atoms with E-state index in [4.69, 9.17) is 14.9 Å². The van der Waals surface area contributed by atoms with Gasteiger partial charge in [-0.1, -0.05) is 0 Å². The van der Waals surface area contributed by atoms with Crippen LogP contribution in [0.1, 0.15) is 5.76 Å². The predicted octanol–water partition coefficient (Wildman–Crippen LogP) is 0.286. The molecule has 0 radical (unpaired) electrons. The Hall–Kier alpha value is -1.29. The van der Waals surface area contributed by atoms with Gasteiger partial charge in [-0.05, 0) is 6.92 Å². The maximum Gasteiger partial charge on any atom is 0.339 e. The van der Waals surface area contributed by atoms with E-state index in [9.17, 15) is 4.79 Å². The minimum atomic E-state index is -0.401. The third-order valence-electron chi connectivity index (χ3n) is 1.25. The van der Waals surface area contributed by atoms with Crippen LogP contribution in [0.25, 0.3) is 0 Å². The van der Waals surface area contributed by atoms with Crippen molar-refractivity contribution in [1.29, 1.82) is 0 Å². The van der Waals surface area contributed by atoms with Crippen molar-refractivity contribution in [2.45, 2.75) is 6.92 Å². The molecule has 0 aromatic carbocycles. The lowest BCUT2D eigenvalue weighted by Gasteiger charge is -2.02.